The summed E-state index contributed by atoms with van der Waals surface area (Å²) < 4.78 is 26.0. The van der Waals surface area contributed by atoms with Gasteiger partial charge in [-0.25, -0.2) is 8.78 Å². The van der Waals surface area contributed by atoms with Gasteiger partial charge in [-0.15, -0.1) is 0 Å². The molecule has 0 heterocycles. The Morgan fingerprint density at radius 2 is 1.67 bits per heavy atom. The predicted octanol–water partition coefficient (Wildman–Crippen LogP) is 4.60. The van der Waals surface area contributed by atoms with Crippen molar-refractivity contribution in [1.29, 1.82) is 0 Å². The van der Waals surface area contributed by atoms with Crippen LogP contribution in [0.2, 0.25) is 10.0 Å². The first-order valence-corrected chi connectivity index (χ1v) is 5.69. The summed E-state index contributed by atoms with van der Waals surface area (Å²) >= 11 is 11.5. The first-order valence-electron chi connectivity index (χ1n) is 4.94. The van der Waals surface area contributed by atoms with Crippen molar-refractivity contribution in [2.45, 2.75) is 0 Å². The molecule has 2 rings (SSSR count). The molecule has 0 spiro atoms. The van der Waals surface area contributed by atoms with E-state index in [-0.39, 0.29) is 15.7 Å². The van der Waals surface area contributed by atoms with Crippen LogP contribution in [0.25, 0.3) is 0 Å². The summed E-state index contributed by atoms with van der Waals surface area (Å²) in [5.41, 5.74) is 6.67. The first-order chi connectivity index (χ1) is 8.47. The summed E-state index contributed by atoms with van der Waals surface area (Å²) in [7, 11) is 0. The van der Waals surface area contributed by atoms with Crippen LogP contribution in [0.5, 0.6) is 0 Å². The Balaban J connectivity index is 2.37. The summed E-state index contributed by atoms with van der Waals surface area (Å²) in [6, 6.07) is 6.29. The highest BCUT2D eigenvalue weighted by Gasteiger charge is 2.08. The lowest BCUT2D eigenvalue weighted by molar-refractivity contribution is 0.628. The highest BCUT2D eigenvalue weighted by Crippen LogP contribution is 2.31. The molecule has 0 bridgehead atoms. The van der Waals surface area contributed by atoms with E-state index in [1.807, 2.05) is 0 Å². The SMILES string of the molecule is Nc1cc(F)c(Cl)cc1Nc1ccc(F)cc1Cl. The summed E-state index contributed by atoms with van der Waals surface area (Å²) in [6.07, 6.45) is 0. The summed E-state index contributed by atoms with van der Waals surface area (Å²) in [5, 5.41) is 2.99. The molecule has 0 radical (unpaired) electrons. The van der Waals surface area contributed by atoms with Gasteiger partial charge in [-0.05, 0) is 24.3 Å². The summed E-state index contributed by atoms with van der Waals surface area (Å²) in [5.74, 6) is -1.06. The number of halogens is 4. The fraction of sp³-hybridized carbons (Fsp3) is 0. The number of nitrogens with one attached hydrogen (secondary N) is 1. The van der Waals surface area contributed by atoms with E-state index < -0.39 is 11.6 Å². The molecular weight excluding hydrogens is 281 g/mol. The molecule has 2 nitrogen and oxygen atoms in total. The van der Waals surface area contributed by atoms with E-state index in [0.717, 1.165) is 12.1 Å². The first kappa shape index (κ1) is 12.9. The second kappa shape index (κ2) is 5.00. The summed E-state index contributed by atoms with van der Waals surface area (Å²) in [4.78, 5) is 0. The van der Waals surface area contributed by atoms with Crippen LogP contribution >= 0.6 is 23.2 Å². The van der Waals surface area contributed by atoms with Gasteiger partial charge in [-0.1, -0.05) is 23.2 Å². The second-order valence-corrected chi connectivity index (χ2v) is 4.42. The maximum atomic E-state index is 13.1. The maximum absolute atomic E-state index is 13.1. The van der Waals surface area contributed by atoms with Crippen molar-refractivity contribution in [2.75, 3.05) is 11.1 Å². The Bertz CT molecular complexity index is 603. The number of hydrogen-bond acceptors (Lipinski definition) is 2. The van der Waals surface area contributed by atoms with Crippen molar-refractivity contribution < 1.29 is 8.78 Å². The fourth-order valence-corrected chi connectivity index (χ4v) is 1.78. The van der Waals surface area contributed by atoms with E-state index >= 15 is 0 Å². The number of rotatable bonds is 2. The highest BCUT2D eigenvalue weighted by molar-refractivity contribution is 6.33. The molecule has 0 aromatic heterocycles. The third kappa shape index (κ3) is 2.66. The van der Waals surface area contributed by atoms with Gasteiger partial charge in [0.1, 0.15) is 11.6 Å². The smallest absolute Gasteiger partial charge is 0.143 e. The van der Waals surface area contributed by atoms with Crippen LogP contribution in [-0.2, 0) is 0 Å². The van der Waals surface area contributed by atoms with E-state index in [1.54, 1.807) is 0 Å². The minimum Gasteiger partial charge on any atom is -0.397 e. The average molecular weight is 289 g/mol. The van der Waals surface area contributed by atoms with E-state index in [9.17, 15) is 8.78 Å². The molecule has 0 aliphatic rings. The maximum Gasteiger partial charge on any atom is 0.143 e. The van der Waals surface area contributed by atoms with Gasteiger partial charge in [0.05, 0.1) is 27.1 Å². The molecule has 0 aliphatic carbocycles. The normalized spacial score (nSPS) is 10.4. The van der Waals surface area contributed by atoms with Crippen LogP contribution in [0.4, 0.5) is 25.8 Å². The van der Waals surface area contributed by atoms with Gasteiger partial charge in [0, 0.05) is 6.07 Å². The number of hydrogen-bond donors (Lipinski definition) is 2. The molecule has 0 atom stereocenters. The monoisotopic (exact) mass is 288 g/mol. The topological polar surface area (TPSA) is 38.0 Å². The molecule has 2 aromatic carbocycles. The van der Waals surface area contributed by atoms with Crippen molar-refractivity contribution in [3.63, 3.8) is 0 Å². The Morgan fingerprint density at radius 1 is 0.944 bits per heavy atom. The quantitative estimate of drug-likeness (QED) is 0.793. The molecule has 0 unspecified atom stereocenters. The molecule has 6 heteroatoms. The third-order valence-corrected chi connectivity index (χ3v) is 2.90. The van der Waals surface area contributed by atoms with Crippen molar-refractivity contribution in [3.8, 4) is 0 Å². The van der Waals surface area contributed by atoms with Gasteiger partial charge in [-0.3, -0.25) is 0 Å². The zero-order chi connectivity index (χ0) is 13.3. The number of nitrogens with two attached hydrogens (primary N) is 1. The molecule has 0 amide bonds. The largest absolute Gasteiger partial charge is 0.397 e. The molecule has 0 saturated heterocycles. The van der Waals surface area contributed by atoms with E-state index in [4.69, 9.17) is 28.9 Å². The lowest BCUT2D eigenvalue weighted by atomic mass is 10.2. The van der Waals surface area contributed by atoms with Crippen LogP contribution in [-0.4, -0.2) is 0 Å². The van der Waals surface area contributed by atoms with Crippen LogP contribution < -0.4 is 11.1 Å². The van der Waals surface area contributed by atoms with Crippen molar-refractivity contribution in [1.82, 2.24) is 0 Å². The van der Waals surface area contributed by atoms with Gasteiger partial charge in [0.15, 0.2) is 0 Å². The van der Waals surface area contributed by atoms with Gasteiger partial charge in [0.2, 0.25) is 0 Å². The lowest BCUT2D eigenvalue weighted by Crippen LogP contribution is -1.98. The van der Waals surface area contributed by atoms with Gasteiger partial charge >= 0.3 is 0 Å². The lowest BCUT2D eigenvalue weighted by Gasteiger charge is -2.11. The third-order valence-electron chi connectivity index (χ3n) is 2.29. The number of benzene rings is 2. The second-order valence-electron chi connectivity index (χ2n) is 3.60. The van der Waals surface area contributed by atoms with Gasteiger partial charge < -0.3 is 11.1 Å². The van der Waals surface area contributed by atoms with Crippen molar-refractivity contribution in [3.05, 3.63) is 52.0 Å². The molecule has 3 N–H and O–H groups in total. The standard InChI is InChI=1S/C12H8Cl2F2N2/c13-7-4-12(10(17)5-9(7)16)18-11-2-1-6(15)3-8(11)14/h1-5,18H,17H2. The Morgan fingerprint density at radius 3 is 2.33 bits per heavy atom. The molecular formula is C12H8Cl2F2N2. The molecule has 94 valence electrons. The number of anilines is 3. The summed E-state index contributed by atoms with van der Waals surface area (Å²) in [6.45, 7) is 0. The molecule has 0 fully saturated rings. The molecule has 0 saturated carbocycles. The Kier molecular flexibility index (Phi) is 3.59. The minimum absolute atomic E-state index is 0.0649. The van der Waals surface area contributed by atoms with Crippen LogP contribution in [0.15, 0.2) is 30.3 Å². The fourth-order valence-electron chi connectivity index (χ4n) is 1.41. The minimum atomic E-state index is -0.607. The zero-order valence-corrected chi connectivity index (χ0v) is 10.5. The van der Waals surface area contributed by atoms with Gasteiger partial charge in [0.25, 0.3) is 0 Å². The van der Waals surface area contributed by atoms with Crippen LogP contribution in [0.3, 0.4) is 0 Å². The zero-order valence-electron chi connectivity index (χ0n) is 8.98. The predicted molar refractivity (Wildman–Crippen MR) is 70.5 cm³/mol. The Labute approximate surface area is 112 Å². The number of nitrogen functional groups attached to an aromatic ring is 1. The molecule has 2 aromatic rings. The van der Waals surface area contributed by atoms with Crippen molar-refractivity contribution in [2.24, 2.45) is 0 Å². The molecule has 18 heavy (non-hydrogen) atoms. The van der Waals surface area contributed by atoms with Gasteiger partial charge in [-0.2, -0.15) is 0 Å². The Hall–Kier alpha value is -1.52. The van der Waals surface area contributed by atoms with E-state index in [0.29, 0.717) is 11.4 Å². The van der Waals surface area contributed by atoms with Crippen molar-refractivity contribution >= 4 is 40.3 Å². The van der Waals surface area contributed by atoms with E-state index in [1.165, 1.54) is 18.2 Å². The molecule has 0 aliphatic heterocycles. The highest BCUT2D eigenvalue weighted by atomic mass is 35.5. The van der Waals surface area contributed by atoms with Crippen LogP contribution in [0.1, 0.15) is 0 Å². The van der Waals surface area contributed by atoms with E-state index in [2.05, 4.69) is 5.32 Å². The van der Waals surface area contributed by atoms with Crippen LogP contribution in [0, 0.1) is 11.6 Å². The average Bonchev–Trinajstić information content (AvgIpc) is 2.29.